The number of anilines is 2. The Kier molecular flexibility index (Phi) is 5.40. The molecule has 0 bridgehead atoms. The van der Waals surface area contributed by atoms with E-state index >= 15 is 0 Å². The minimum atomic E-state index is 0.101. The van der Waals surface area contributed by atoms with Gasteiger partial charge in [-0.15, -0.1) is 0 Å². The highest BCUT2D eigenvalue weighted by Crippen LogP contribution is 2.32. The topological polar surface area (TPSA) is 50.6 Å². The van der Waals surface area contributed by atoms with E-state index in [2.05, 4.69) is 9.80 Å². The summed E-state index contributed by atoms with van der Waals surface area (Å²) in [5.74, 6) is 1.57. The van der Waals surface area contributed by atoms with Gasteiger partial charge in [-0.25, -0.2) is 4.98 Å². The molecule has 1 saturated carbocycles. The average molecular weight is 383 g/mol. The maximum Gasteiger partial charge on any atom is 0.259 e. The van der Waals surface area contributed by atoms with Gasteiger partial charge in [0.1, 0.15) is 5.75 Å². The molecule has 2 heterocycles. The first-order chi connectivity index (χ1) is 13.6. The van der Waals surface area contributed by atoms with Crippen molar-refractivity contribution in [3.8, 4) is 5.75 Å². The van der Waals surface area contributed by atoms with Crippen LogP contribution in [0, 0.1) is 6.92 Å². The Labute approximate surface area is 166 Å². The lowest BCUT2D eigenvalue weighted by molar-refractivity contribution is 0.107. The normalized spacial score (nSPS) is 18.2. The molecular formula is C22H30N4O2. The van der Waals surface area contributed by atoms with Crippen LogP contribution >= 0.6 is 0 Å². The lowest BCUT2D eigenvalue weighted by Crippen LogP contribution is -2.52. The number of aromatic nitrogens is 2. The van der Waals surface area contributed by atoms with Crippen LogP contribution in [0.15, 0.2) is 29.1 Å². The zero-order valence-electron chi connectivity index (χ0n) is 17.1. The molecule has 4 rings (SSSR count). The Morgan fingerprint density at radius 3 is 2.46 bits per heavy atom. The summed E-state index contributed by atoms with van der Waals surface area (Å²) in [4.78, 5) is 22.7. The van der Waals surface area contributed by atoms with Crippen molar-refractivity contribution in [3.63, 3.8) is 0 Å². The summed E-state index contributed by atoms with van der Waals surface area (Å²) in [7, 11) is 1.67. The Balaban J connectivity index is 1.78. The van der Waals surface area contributed by atoms with Gasteiger partial charge in [0, 0.05) is 23.0 Å². The van der Waals surface area contributed by atoms with Gasteiger partial charge < -0.3 is 4.74 Å². The highest BCUT2D eigenvalue weighted by Gasteiger charge is 2.31. The van der Waals surface area contributed by atoms with Gasteiger partial charge in [-0.2, -0.15) is 0 Å². The largest absolute Gasteiger partial charge is 0.497 e. The number of ether oxygens (including phenoxy) is 1. The van der Waals surface area contributed by atoms with Crippen LogP contribution < -0.4 is 15.2 Å². The van der Waals surface area contributed by atoms with Crippen LogP contribution in [0.2, 0.25) is 0 Å². The molecule has 0 atom stereocenters. The van der Waals surface area contributed by atoms with Crippen molar-refractivity contribution in [2.45, 2.75) is 65.1 Å². The first kappa shape index (κ1) is 19.0. The molecule has 0 N–H and O–H groups in total. The molecule has 1 fully saturated rings. The summed E-state index contributed by atoms with van der Waals surface area (Å²) >= 11 is 0. The third-order valence-corrected chi connectivity index (χ3v) is 6.17. The number of hydrogen-bond acceptors (Lipinski definition) is 5. The van der Waals surface area contributed by atoms with Gasteiger partial charge in [0.15, 0.2) is 0 Å². The standard InChI is InChI=1S/C22H30N4O2/c1-4-20-16(2)23-22-25(18-10-12-19(28-3)13-11-18)14-24(15-26(22)21(20)27)17-8-6-5-7-9-17/h10-13,17H,4-9,14-15H2,1-3H3. The van der Waals surface area contributed by atoms with E-state index in [-0.39, 0.29) is 5.56 Å². The highest BCUT2D eigenvalue weighted by atomic mass is 16.5. The van der Waals surface area contributed by atoms with Gasteiger partial charge in [0.2, 0.25) is 5.95 Å². The fraction of sp³-hybridized carbons (Fsp3) is 0.545. The van der Waals surface area contributed by atoms with Crippen molar-refractivity contribution in [1.82, 2.24) is 14.5 Å². The summed E-state index contributed by atoms with van der Waals surface area (Å²) in [5, 5.41) is 0. The first-order valence-corrected chi connectivity index (χ1v) is 10.4. The smallest absolute Gasteiger partial charge is 0.259 e. The maximum absolute atomic E-state index is 13.2. The molecule has 0 radical (unpaired) electrons. The van der Waals surface area contributed by atoms with Gasteiger partial charge in [0.25, 0.3) is 5.56 Å². The summed E-state index contributed by atoms with van der Waals surface area (Å²) < 4.78 is 7.18. The molecule has 0 spiro atoms. The maximum atomic E-state index is 13.2. The summed E-state index contributed by atoms with van der Waals surface area (Å²) in [6.07, 6.45) is 7.00. The molecule has 0 saturated heterocycles. The zero-order chi connectivity index (χ0) is 19.7. The SMILES string of the molecule is CCc1c(C)nc2n(c1=O)CN(C1CCCCC1)CN2c1ccc(OC)cc1. The van der Waals surface area contributed by atoms with Crippen molar-refractivity contribution >= 4 is 11.6 Å². The predicted molar refractivity (Wildman–Crippen MR) is 111 cm³/mol. The van der Waals surface area contributed by atoms with Crippen molar-refractivity contribution in [2.24, 2.45) is 0 Å². The summed E-state index contributed by atoms with van der Waals surface area (Å²) in [5.41, 5.74) is 2.79. The molecule has 1 aliphatic heterocycles. The van der Waals surface area contributed by atoms with Gasteiger partial charge in [-0.1, -0.05) is 26.2 Å². The molecule has 0 amide bonds. The van der Waals surface area contributed by atoms with Crippen LogP contribution in [0.4, 0.5) is 11.6 Å². The number of benzene rings is 1. The molecule has 6 heteroatoms. The van der Waals surface area contributed by atoms with Gasteiger partial charge in [-0.3, -0.25) is 19.2 Å². The van der Waals surface area contributed by atoms with E-state index in [1.807, 2.05) is 42.7 Å². The van der Waals surface area contributed by atoms with E-state index in [1.165, 1.54) is 32.1 Å². The van der Waals surface area contributed by atoms with Crippen molar-refractivity contribution in [2.75, 3.05) is 18.7 Å². The van der Waals surface area contributed by atoms with Crippen LogP contribution in [0.3, 0.4) is 0 Å². The summed E-state index contributed by atoms with van der Waals surface area (Å²) in [6, 6.07) is 8.54. The monoisotopic (exact) mass is 382 g/mol. The molecule has 2 aliphatic rings. The van der Waals surface area contributed by atoms with Crippen LogP contribution in [0.5, 0.6) is 5.75 Å². The van der Waals surface area contributed by atoms with Gasteiger partial charge in [-0.05, 0) is 50.5 Å². The zero-order valence-corrected chi connectivity index (χ0v) is 17.1. The van der Waals surface area contributed by atoms with E-state index in [9.17, 15) is 4.79 Å². The van der Waals surface area contributed by atoms with E-state index in [1.54, 1.807) is 7.11 Å². The highest BCUT2D eigenvalue weighted by molar-refractivity contribution is 5.59. The number of aryl methyl sites for hydroxylation is 1. The second-order valence-corrected chi connectivity index (χ2v) is 7.85. The van der Waals surface area contributed by atoms with Crippen LogP contribution in [-0.2, 0) is 13.1 Å². The lowest BCUT2D eigenvalue weighted by Gasteiger charge is -2.43. The number of methoxy groups -OCH3 is 1. The average Bonchev–Trinajstić information content (AvgIpc) is 2.74. The molecule has 150 valence electrons. The second kappa shape index (κ2) is 7.95. The molecule has 1 aromatic heterocycles. The number of nitrogens with zero attached hydrogens (tertiary/aromatic N) is 4. The fourth-order valence-corrected chi connectivity index (χ4v) is 4.53. The second-order valence-electron chi connectivity index (χ2n) is 7.85. The molecular weight excluding hydrogens is 352 g/mol. The molecule has 2 aromatic rings. The van der Waals surface area contributed by atoms with Crippen LogP contribution in [0.25, 0.3) is 0 Å². The first-order valence-electron chi connectivity index (χ1n) is 10.4. The molecule has 0 unspecified atom stereocenters. The van der Waals surface area contributed by atoms with E-state index < -0.39 is 0 Å². The van der Waals surface area contributed by atoms with Crippen molar-refractivity contribution < 1.29 is 4.74 Å². The molecule has 1 aromatic carbocycles. The Morgan fingerprint density at radius 2 is 1.82 bits per heavy atom. The molecule has 6 nitrogen and oxygen atoms in total. The van der Waals surface area contributed by atoms with Crippen LogP contribution in [0.1, 0.15) is 50.3 Å². The van der Waals surface area contributed by atoms with Crippen LogP contribution in [-0.4, -0.2) is 34.3 Å². The Morgan fingerprint density at radius 1 is 1.11 bits per heavy atom. The fourth-order valence-electron chi connectivity index (χ4n) is 4.53. The minimum absolute atomic E-state index is 0.101. The Bertz CT molecular complexity index is 885. The van der Waals surface area contributed by atoms with Crippen molar-refractivity contribution in [1.29, 1.82) is 0 Å². The van der Waals surface area contributed by atoms with Crippen molar-refractivity contribution in [3.05, 3.63) is 45.9 Å². The molecule has 1 aliphatic carbocycles. The molecule has 28 heavy (non-hydrogen) atoms. The van der Waals surface area contributed by atoms with E-state index in [4.69, 9.17) is 9.72 Å². The summed E-state index contributed by atoms with van der Waals surface area (Å²) in [6.45, 7) is 5.36. The Hall–Kier alpha value is -2.34. The minimum Gasteiger partial charge on any atom is -0.497 e. The number of fused-ring (bicyclic) bond motifs is 1. The number of rotatable bonds is 4. The number of hydrogen-bond donors (Lipinski definition) is 0. The predicted octanol–water partition coefficient (Wildman–Crippen LogP) is 3.82. The third-order valence-electron chi connectivity index (χ3n) is 6.17. The van der Waals surface area contributed by atoms with Gasteiger partial charge >= 0.3 is 0 Å². The van der Waals surface area contributed by atoms with E-state index in [0.29, 0.717) is 19.1 Å². The quantitative estimate of drug-likeness (QED) is 0.804. The van der Waals surface area contributed by atoms with Gasteiger partial charge in [0.05, 0.1) is 20.4 Å². The van der Waals surface area contributed by atoms with E-state index in [0.717, 1.165) is 35.3 Å². The lowest BCUT2D eigenvalue weighted by atomic mass is 9.94. The third kappa shape index (κ3) is 3.41.